The van der Waals surface area contributed by atoms with E-state index in [-0.39, 0.29) is 23.7 Å². The molecule has 1 aliphatic carbocycles. The van der Waals surface area contributed by atoms with Gasteiger partial charge in [0, 0.05) is 21.6 Å². The smallest absolute Gasteiger partial charge is 0.230 e. The van der Waals surface area contributed by atoms with E-state index in [1.807, 2.05) is 59.3 Å². The summed E-state index contributed by atoms with van der Waals surface area (Å²) in [5.41, 5.74) is 1.86. The zero-order valence-electron chi connectivity index (χ0n) is 19.6. The molecule has 2 amide bonds. The molecule has 0 spiro atoms. The number of thiophene rings is 2. The van der Waals surface area contributed by atoms with Crippen molar-refractivity contribution in [1.82, 2.24) is 20.4 Å². The summed E-state index contributed by atoms with van der Waals surface area (Å²) in [4.78, 5) is 26.5. The molecule has 0 radical (unpaired) electrons. The fourth-order valence-corrected chi connectivity index (χ4v) is 5.90. The molecule has 8 nitrogen and oxygen atoms in total. The van der Waals surface area contributed by atoms with Crippen molar-refractivity contribution in [3.63, 3.8) is 0 Å². The topological polar surface area (TPSA) is 110 Å². The number of hydrogen-bond acceptors (Lipinski definition) is 8. The minimum atomic E-state index is -0.0954. The van der Waals surface area contributed by atoms with Gasteiger partial charge in [-0.1, -0.05) is 18.6 Å². The van der Waals surface area contributed by atoms with Gasteiger partial charge in [0.1, 0.15) is 0 Å². The lowest BCUT2D eigenvalue weighted by molar-refractivity contribution is -0.116. The van der Waals surface area contributed by atoms with Gasteiger partial charge in [0.15, 0.2) is 11.6 Å². The molecule has 2 N–H and O–H groups in total. The van der Waals surface area contributed by atoms with Crippen LogP contribution < -0.4 is 10.6 Å². The molecule has 36 heavy (non-hydrogen) atoms. The van der Waals surface area contributed by atoms with Gasteiger partial charge in [-0.15, -0.1) is 32.9 Å². The summed E-state index contributed by atoms with van der Waals surface area (Å²) in [6.45, 7) is 0. The SMILES string of the molecule is O=C(Cc1cccs1)Nc1ccc(C2CCCC(c3ccc(NC(=O)Cc4cccs4)nn3)C2)nn1. The van der Waals surface area contributed by atoms with Crippen LogP contribution in [0.3, 0.4) is 0 Å². The predicted molar refractivity (Wildman–Crippen MR) is 141 cm³/mol. The molecule has 4 aromatic heterocycles. The molecule has 2 unspecified atom stereocenters. The Bertz CT molecular complexity index is 1180. The van der Waals surface area contributed by atoms with Crippen LogP contribution in [0.1, 0.15) is 58.7 Å². The highest BCUT2D eigenvalue weighted by Crippen LogP contribution is 2.40. The van der Waals surface area contributed by atoms with Crippen molar-refractivity contribution in [2.24, 2.45) is 0 Å². The first-order valence-electron chi connectivity index (χ1n) is 11.9. The number of aromatic nitrogens is 4. The van der Waals surface area contributed by atoms with E-state index < -0.39 is 0 Å². The summed E-state index contributed by atoms with van der Waals surface area (Å²) in [5.74, 6) is 1.30. The predicted octanol–water partition coefficient (Wildman–Crippen LogP) is 5.19. The molecule has 1 saturated carbocycles. The number of nitrogens with one attached hydrogen (secondary N) is 2. The molecule has 0 saturated heterocycles. The van der Waals surface area contributed by atoms with Gasteiger partial charge >= 0.3 is 0 Å². The molecule has 0 aliphatic heterocycles. The maximum Gasteiger partial charge on any atom is 0.230 e. The maximum absolute atomic E-state index is 12.2. The highest BCUT2D eigenvalue weighted by molar-refractivity contribution is 7.10. The lowest BCUT2D eigenvalue weighted by atomic mass is 9.78. The first kappa shape index (κ1) is 24.2. The van der Waals surface area contributed by atoms with E-state index in [0.717, 1.165) is 46.8 Å². The third-order valence-electron chi connectivity index (χ3n) is 6.25. The molecule has 2 atom stereocenters. The molecule has 5 rings (SSSR count). The van der Waals surface area contributed by atoms with Crippen molar-refractivity contribution in [2.75, 3.05) is 10.6 Å². The number of anilines is 2. The summed E-state index contributed by atoms with van der Waals surface area (Å²) < 4.78 is 0. The Labute approximate surface area is 217 Å². The number of hydrogen-bond donors (Lipinski definition) is 2. The fourth-order valence-electron chi connectivity index (χ4n) is 4.50. The van der Waals surface area contributed by atoms with Gasteiger partial charge in [0.25, 0.3) is 0 Å². The molecule has 1 aliphatic rings. The van der Waals surface area contributed by atoms with Crippen LogP contribution in [0.2, 0.25) is 0 Å². The third-order valence-corrected chi connectivity index (χ3v) is 8.00. The lowest BCUT2D eigenvalue weighted by Gasteiger charge is -2.28. The second kappa shape index (κ2) is 11.5. The van der Waals surface area contributed by atoms with Crippen LogP contribution in [-0.4, -0.2) is 32.2 Å². The Morgan fingerprint density at radius 1 is 0.722 bits per heavy atom. The van der Waals surface area contributed by atoms with Gasteiger partial charge in [-0.3, -0.25) is 9.59 Å². The van der Waals surface area contributed by atoms with E-state index in [4.69, 9.17) is 0 Å². The van der Waals surface area contributed by atoms with Crippen molar-refractivity contribution >= 4 is 46.1 Å². The van der Waals surface area contributed by atoms with Crippen molar-refractivity contribution < 1.29 is 9.59 Å². The molecule has 0 bridgehead atoms. The molecule has 1 fully saturated rings. The Hall–Kier alpha value is -3.50. The number of rotatable bonds is 8. The average Bonchev–Trinajstić information content (AvgIpc) is 3.59. The highest BCUT2D eigenvalue weighted by atomic mass is 32.1. The normalized spacial score (nSPS) is 17.4. The standard InChI is InChI=1S/C26H26N6O2S2/c33-25(15-19-6-2-12-35-19)27-23-10-8-21(29-31-23)17-4-1-5-18(14-17)22-9-11-24(32-30-22)28-26(34)16-20-7-3-13-36-20/h2-3,6-13,17-18H,1,4-5,14-16H2,(H,27,31,33)(H,28,32,34). The van der Waals surface area contributed by atoms with Gasteiger partial charge in [-0.2, -0.15) is 10.2 Å². The fraction of sp³-hybridized carbons (Fsp3) is 0.308. The summed E-state index contributed by atoms with van der Waals surface area (Å²) >= 11 is 3.12. The Morgan fingerprint density at radius 3 is 1.61 bits per heavy atom. The summed E-state index contributed by atoms with van der Waals surface area (Å²) in [6, 6.07) is 15.3. The van der Waals surface area contributed by atoms with Gasteiger partial charge in [0.2, 0.25) is 11.8 Å². The Morgan fingerprint density at radius 2 is 1.22 bits per heavy atom. The molecule has 4 aromatic rings. The largest absolute Gasteiger partial charge is 0.309 e. The van der Waals surface area contributed by atoms with E-state index in [2.05, 4.69) is 31.0 Å². The van der Waals surface area contributed by atoms with Gasteiger partial charge in [-0.25, -0.2) is 0 Å². The Kier molecular flexibility index (Phi) is 7.73. The highest BCUT2D eigenvalue weighted by Gasteiger charge is 2.27. The van der Waals surface area contributed by atoms with Crippen LogP contribution in [0.15, 0.2) is 59.3 Å². The molecule has 0 aromatic carbocycles. The first-order valence-corrected chi connectivity index (χ1v) is 13.7. The molecule has 184 valence electrons. The average molecular weight is 519 g/mol. The Balaban J connectivity index is 1.15. The van der Waals surface area contributed by atoms with Crippen molar-refractivity contribution in [3.05, 3.63) is 80.4 Å². The van der Waals surface area contributed by atoms with Crippen molar-refractivity contribution in [1.29, 1.82) is 0 Å². The van der Waals surface area contributed by atoms with E-state index >= 15 is 0 Å². The molecular formula is C26H26N6O2S2. The lowest BCUT2D eigenvalue weighted by Crippen LogP contribution is -2.18. The zero-order valence-corrected chi connectivity index (χ0v) is 21.2. The van der Waals surface area contributed by atoms with Gasteiger partial charge in [0.05, 0.1) is 24.2 Å². The molecular weight excluding hydrogens is 492 g/mol. The van der Waals surface area contributed by atoms with Crippen LogP contribution in [0.4, 0.5) is 11.6 Å². The summed E-state index contributed by atoms with van der Waals surface area (Å²) in [7, 11) is 0. The van der Waals surface area contributed by atoms with Crippen molar-refractivity contribution in [2.45, 2.75) is 50.4 Å². The maximum atomic E-state index is 12.2. The quantitative estimate of drug-likeness (QED) is 0.332. The van der Waals surface area contributed by atoms with Crippen LogP contribution in [0.5, 0.6) is 0 Å². The third kappa shape index (κ3) is 6.38. The minimum absolute atomic E-state index is 0.0954. The zero-order chi connectivity index (χ0) is 24.7. The van der Waals surface area contributed by atoms with Gasteiger partial charge in [-0.05, 0) is 66.4 Å². The van der Waals surface area contributed by atoms with Crippen LogP contribution in [0, 0.1) is 0 Å². The number of amides is 2. The first-order chi connectivity index (χ1) is 17.6. The second-order valence-electron chi connectivity index (χ2n) is 8.86. The summed E-state index contributed by atoms with van der Waals surface area (Å²) in [6.07, 6.45) is 4.74. The van der Waals surface area contributed by atoms with E-state index in [1.54, 1.807) is 22.7 Å². The van der Waals surface area contributed by atoms with Crippen LogP contribution >= 0.6 is 22.7 Å². The van der Waals surface area contributed by atoms with Gasteiger partial charge < -0.3 is 10.6 Å². The molecule has 10 heteroatoms. The van der Waals surface area contributed by atoms with E-state index in [1.165, 1.54) is 0 Å². The number of nitrogens with zero attached hydrogens (tertiary/aromatic N) is 4. The molecule has 4 heterocycles. The monoisotopic (exact) mass is 518 g/mol. The number of carbonyl (C=O) groups excluding carboxylic acids is 2. The number of carbonyl (C=O) groups is 2. The van der Waals surface area contributed by atoms with Crippen LogP contribution in [-0.2, 0) is 22.4 Å². The minimum Gasteiger partial charge on any atom is -0.309 e. The van der Waals surface area contributed by atoms with Crippen molar-refractivity contribution in [3.8, 4) is 0 Å². The summed E-state index contributed by atoms with van der Waals surface area (Å²) in [5, 5.41) is 26.9. The van der Waals surface area contributed by atoms with Crippen LogP contribution in [0.25, 0.3) is 0 Å². The second-order valence-corrected chi connectivity index (χ2v) is 10.9. The van der Waals surface area contributed by atoms with E-state index in [0.29, 0.717) is 24.5 Å². The van der Waals surface area contributed by atoms with E-state index in [9.17, 15) is 9.59 Å².